The highest BCUT2D eigenvalue weighted by molar-refractivity contribution is 7.08. The van der Waals surface area contributed by atoms with Gasteiger partial charge in [0.1, 0.15) is 0 Å². The van der Waals surface area contributed by atoms with Crippen LogP contribution in [0.4, 0.5) is 0 Å². The van der Waals surface area contributed by atoms with Gasteiger partial charge in [-0.2, -0.15) is 11.3 Å². The molecule has 1 aromatic rings. The minimum Gasteiger partial charge on any atom is -0.394 e. The van der Waals surface area contributed by atoms with Crippen LogP contribution in [0.3, 0.4) is 0 Å². The maximum absolute atomic E-state index is 12.1. The van der Waals surface area contributed by atoms with E-state index in [0.29, 0.717) is 0 Å². The second kappa shape index (κ2) is 3.94. The van der Waals surface area contributed by atoms with Crippen LogP contribution in [0.15, 0.2) is 16.8 Å². The quantitative estimate of drug-likeness (QED) is 0.832. The van der Waals surface area contributed by atoms with Crippen molar-refractivity contribution in [1.29, 1.82) is 0 Å². The van der Waals surface area contributed by atoms with Gasteiger partial charge in [0, 0.05) is 11.9 Å². The Kier molecular flexibility index (Phi) is 2.80. The van der Waals surface area contributed by atoms with Crippen molar-refractivity contribution in [3.8, 4) is 0 Å². The van der Waals surface area contributed by atoms with Gasteiger partial charge in [0.15, 0.2) is 0 Å². The average Bonchev–Trinajstić information content (AvgIpc) is 2.86. The maximum atomic E-state index is 12.1. The lowest BCUT2D eigenvalue weighted by atomic mass is 10.00. The maximum Gasteiger partial charge on any atom is 0.255 e. The molecule has 1 aromatic heterocycles. The monoisotopic (exact) mass is 225 g/mol. The zero-order valence-electron chi connectivity index (χ0n) is 8.77. The van der Waals surface area contributed by atoms with Gasteiger partial charge in [-0.05, 0) is 31.2 Å². The highest BCUT2D eigenvalue weighted by Crippen LogP contribution is 2.30. The molecule has 1 fully saturated rings. The van der Waals surface area contributed by atoms with Crippen LogP contribution in [0.2, 0.25) is 0 Å². The number of rotatable bonds is 2. The molecule has 1 saturated heterocycles. The van der Waals surface area contributed by atoms with Crippen LogP contribution >= 0.6 is 11.3 Å². The topological polar surface area (TPSA) is 40.5 Å². The van der Waals surface area contributed by atoms with E-state index in [4.69, 9.17) is 0 Å². The lowest BCUT2D eigenvalue weighted by molar-refractivity contribution is 0.0473. The van der Waals surface area contributed by atoms with E-state index >= 15 is 0 Å². The summed E-state index contributed by atoms with van der Waals surface area (Å²) < 4.78 is 0. The second-order valence-corrected chi connectivity index (χ2v) is 5.01. The van der Waals surface area contributed by atoms with Gasteiger partial charge in [0.25, 0.3) is 5.91 Å². The molecule has 3 nitrogen and oxygen atoms in total. The summed E-state index contributed by atoms with van der Waals surface area (Å²) in [6, 6.07) is 1.84. The number of nitrogens with zero attached hydrogens (tertiary/aromatic N) is 1. The number of amides is 1. The molecule has 0 saturated carbocycles. The molecule has 0 spiro atoms. The number of aliphatic hydroxyl groups excluding tert-OH is 1. The smallest absolute Gasteiger partial charge is 0.255 e. The fraction of sp³-hybridized carbons (Fsp3) is 0.545. The molecular weight excluding hydrogens is 210 g/mol. The molecule has 2 heterocycles. The summed E-state index contributed by atoms with van der Waals surface area (Å²) in [5, 5.41) is 13.1. The van der Waals surface area contributed by atoms with Crippen molar-refractivity contribution in [3.05, 3.63) is 22.4 Å². The van der Waals surface area contributed by atoms with Gasteiger partial charge < -0.3 is 10.0 Å². The van der Waals surface area contributed by atoms with Crippen LogP contribution < -0.4 is 0 Å². The first kappa shape index (κ1) is 10.6. The zero-order chi connectivity index (χ0) is 10.9. The lowest BCUT2D eigenvalue weighted by Crippen LogP contribution is -2.47. The molecule has 1 atom stereocenters. The first-order chi connectivity index (χ1) is 7.17. The Balaban J connectivity index is 2.21. The largest absolute Gasteiger partial charge is 0.394 e. The van der Waals surface area contributed by atoms with Gasteiger partial charge in [-0.15, -0.1) is 0 Å². The van der Waals surface area contributed by atoms with Crippen molar-refractivity contribution >= 4 is 17.2 Å². The minimum absolute atomic E-state index is 0.0445. The van der Waals surface area contributed by atoms with Crippen molar-refractivity contribution in [2.45, 2.75) is 25.3 Å². The SMILES string of the molecule is C[C@]1(CO)CCCN1C(=O)c1ccsc1. The molecule has 0 aliphatic carbocycles. The van der Waals surface area contributed by atoms with E-state index < -0.39 is 0 Å². The lowest BCUT2D eigenvalue weighted by Gasteiger charge is -2.33. The van der Waals surface area contributed by atoms with Gasteiger partial charge >= 0.3 is 0 Å². The van der Waals surface area contributed by atoms with Gasteiger partial charge in [-0.25, -0.2) is 0 Å². The minimum atomic E-state index is -0.362. The molecule has 1 aliphatic rings. The van der Waals surface area contributed by atoms with Crippen LogP contribution in [0.25, 0.3) is 0 Å². The number of hydrogen-bond acceptors (Lipinski definition) is 3. The summed E-state index contributed by atoms with van der Waals surface area (Å²) >= 11 is 1.52. The number of likely N-dealkylation sites (tertiary alicyclic amines) is 1. The van der Waals surface area contributed by atoms with Crippen LogP contribution in [-0.4, -0.2) is 34.6 Å². The van der Waals surface area contributed by atoms with Crippen molar-refractivity contribution in [1.82, 2.24) is 4.90 Å². The van der Waals surface area contributed by atoms with Gasteiger partial charge in [0.2, 0.25) is 0 Å². The fourth-order valence-corrected chi connectivity index (χ4v) is 2.71. The predicted octanol–water partition coefficient (Wildman–Crippen LogP) is 1.74. The third-order valence-electron chi connectivity index (χ3n) is 3.10. The molecule has 1 amide bonds. The normalized spacial score (nSPS) is 25.9. The van der Waals surface area contributed by atoms with Crippen LogP contribution in [0, 0.1) is 0 Å². The third kappa shape index (κ3) is 1.79. The van der Waals surface area contributed by atoms with Crippen molar-refractivity contribution in [2.75, 3.05) is 13.2 Å². The Morgan fingerprint density at radius 2 is 2.53 bits per heavy atom. The first-order valence-corrected chi connectivity index (χ1v) is 6.07. The number of thiophene rings is 1. The fourth-order valence-electron chi connectivity index (χ4n) is 2.08. The first-order valence-electron chi connectivity index (χ1n) is 5.12. The summed E-state index contributed by atoms with van der Waals surface area (Å²) in [7, 11) is 0. The molecule has 82 valence electrons. The third-order valence-corrected chi connectivity index (χ3v) is 3.79. The van der Waals surface area contributed by atoms with E-state index in [-0.39, 0.29) is 18.1 Å². The van der Waals surface area contributed by atoms with E-state index in [0.717, 1.165) is 24.9 Å². The van der Waals surface area contributed by atoms with E-state index in [1.165, 1.54) is 11.3 Å². The molecule has 0 radical (unpaired) electrons. The Morgan fingerprint density at radius 3 is 3.13 bits per heavy atom. The van der Waals surface area contributed by atoms with Crippen molar-refractivity contribution < 1.29 is 9.90 Å². The van der Waals surface area contributed by atoms with Gasteiger partial charge in [0.05, 0.1) is 17.7 Å². The summed E-state index contributed by atoms with van der Waals surface area (Å²) in [5.41, 5.74) is 0.375. The number of aliphatic hydroxyl groups is 1. The average molecular weight is 225 g/mol. The van der Waals surface area contributed by atoms with Crippen LogP contribution in [0.1, 0.15) is 30.1 Å². The number of hydrogen-bond donors (Lipinski definition) is 1. The second-order valence-electron chi connectivity index (χ2n) is 4.23. The van der Waals surface area contributed by atoms with E-state index in [1.54, 1.807) is 4.90 Å². The Bertz CT molecular complexity index is 349. The highest BCUT2D eigenvalue weighted by Gasteiger charge is 2.39. The van der Waals surface area contributed by atoms with Gasteiger partial charge in [-0.3, -0.25) is 4.79 Å². The van der Waals surface area contributed by atoms with E-state index in [2.05, 4.69) is 0 Å². The molecule has 1 aliphatic heterocycles. The summed E-state index contributed by atoms with van der Waals surface area (Å²) in [6.45, 7) is 2.75. The van der Waals surface area contributed by atoms with Gasteiger partial charge in [-0.1, -0.05) is 0 Å². The Hall–Kier alpha value is -0.870. The molecule has 1 N–H and O–H groups in total. The van der Waals surface area contributed by atoms with E-state index in [9.17, 15) is 9.90 Å². The zero-order valence-corrected chi connectivity index (χ0v) is 9.59. The standard InChI is InChI=1S/C11H15NO2S/c1-11(8-13)4-2-5-12(11)10(14)9-3-6-15-7-9/h3,6-7,13H,2,4-5,8H2,1H3/t11-/m1/s1. The summed E-state index contributed by atoms with van der Waals surface area (Å²) in [4.78, 5) is 13.9. The van der Waals surface area contributed by atoms with Crippen LogP contribution in [-0.2, 0) is 0 Å². The predicted molar refractivity (Wildman–Crippen MR) is 60.1 cm³/mol. The van der Waals surface area contributed by atoms with Crippen molar-refractivity contribution in [3.63, 3.8) is 0 Å². The molecular formula is C11H15NO2S. The number of carbonyl (C=O) groups excluding carboxylic acids is 1. The Labute approximate surface area is 93.3 Å². The molecule has 15 heavy (non-hydrogen) atoms. The molecule has 0 unspecified atom stereocenters. The molecule has 0 aromatic carbocycles. The number of carbonyl (C=O) groups is 1. The van der Waals surface area contributed by atoms with Crippen LogP contribution in [0.5, 0.6) is 0 Å². The highest BCUT2D eigenvalue weighted by atomic mass is 32.1. The van der Waals surface area contributed by atoms with E-state index in [1.807, 2.05) is 23.8 Å². The summed E-state index contributed by atoms with van der Waals surface area (Å²) in [5.74, 6) is 0.0466. The molecule has 0 bridgehead atoms. The molecule has 4 heteroatoms. The van der Waals surface area contributed by atoms with Crippen molar-refractivity contribution in [2.24, 2.45) is 0 Å². The molecule has 2 rings (SSSR count). The Morgan fingerprint density at radius 1 is 1.73 bits per heavy atom. The summed E-state index contributed by atoms with van der Waals surface area (Å²) in [6.07, 6.45) is 1.87.